The molecule has 22 heavy (non-hydrogen) atoms. The highest BCUT2D eigenvalue weighted by atomic mass is 31.2. The van der Waals surface area contributed by atoms with Gasteiger partial charge in [0.1, 0.15) is 13.2 Å². The van der Waals surface area contributed by atoms with Crippen LogP contribution in [0.2, 0.25) is 0 Å². The summed E-state index contributed by atoms with van der Waals surface area (Å²) in [5.41, 5.74) is 0. The number of unbranched alkanes of at least 4 members (excludes halogenated alkanes) is 5. The van der Waals surface area contributed by atoms with E-state index in [4.69, 9.17) is 13.8 Å². The van der Waals surface area contributed by atoms with Gasteiger partial charge in [0.05, 0.1) is 34.4 Å². The van der Waals surface area contributed by atoms with E-state index in [2.05, 4.69) is 6.92 Å². The van der Waals surface area contributed by atoms with Gasteiger partial charge in [0.15, 0.2) is 0 Å². The molecule has 0 amide bonds. The summed E-state index contributed by atoms with van der Waals surface area (Å²) in [7, 11) is 1.71. The molecule has 1 unspecified atom stereocenters. The van der Waals surface area contributed by atoms with E-state index in [1.165, 1.54) is 25.7 Å². The van der Waals surface area contributed by atoms with Crippen LogP contribution in [-0.2, 0) is 18.3 Å². The van der Waals surface area contributed by atoms with E-state index in [0.717, 1.165) is 12.8 Å². The zero-order valence-corrected chi connectivity index (χ0v) is 15.6. The summed E-state index contributed by atoms with van der Waals surface area (Å²) in [6, 6.07) is 0. The maximum Gasteiger partial charge on any atom is 0.268 e. The molecule has 0 aromatic carbocycles. The third-order valence-corrected chi connectivity index (χ3v) is 4.13. The first-order valence-corrected chi connectivity index (χ1v) is 9.71. The minimum Gasteiger partial charge on any atom is -0.756 e. The summed E-state index contributed by atoms with van der Waals surface area (Å²) < 4.78 is 27.0. The molecule has 0 aliphatic rings. The van der Waals surface area contributed by atoms with Crippen LogP contribution in [0, 0.1) is 0 Å². The van der Waals surface area contributed by atoms with E-state index >= 15 is 0 Å². The van der Waals surface area contributed by atoms with Crippen molar-refractivity contribution in [3.63, 3.8) is 0 Å². The van der Waals surface area contributed by atoms with Crippen molar-refractivity contribution in [1.82, 2.24) is 0 Å². The Labute approximate surface area is 136 Å². The van der Waals surface area contributed by atoms with E-state index in [0.29, 0.717) is 17.6 Å². The molecule has 0 aliphatic heterocycles. The minimum absolute atomic E-state index is 0.0149. The average molecular weight is 339 g/mol. The third kappa shape index (κ3) is 16.4. The maximum atomic E-state index is 11.5. The summed E-state index contributed by atoms with van der Waals surface area (Å²) in [6.45, 7) is 3.87. The van der Waals surface area contributed by atoms with Crippen LogP contribution < -0.4 is 4.89 Å². The van der Waals surface area contributed by atoms with Gasteiger partial charge in [-0.15, -0.1) is 0 Å². The number of hydrogen-bond acceptors (Lipinski definition) is 5. The summed E-state index contributed by atoms with van der Waals surface area (Å²) in [5, 5.41) is 0. The van der Waals surface area contributed by atoms with Crippen molar-refractivity contribution in [2.45, 2.75) is 45.4 Å². The predicted octanol–water partition coefficient (Wildman–Crippen LogP) is 2.57. The number of ether oxygens (including phenoxy) is 1. The lowest BCUT2D eigenvalue weighted by molar-refractivity contribution is -0.870. The highest BCUT2D eigenvalue weighted by Gasteiger charge is 2.12. The standard InChI is InChI=1S/C15H34NO5P/c1-5-6-7-8-9-10-12-19-14-15-21-22(17,18)20-13-11-16(2,3)4/h5-15H2,1-4H3. The fourth-order valence-corrected chi connectivity index (χ4v) is 2.44. The fourth-order valence-electron chi connectivity index (χ4n) is 1.76. The van der Waals surface area contributed by atoms with Crippen LogP contribution in [0.1, 0.15) is 45.4 Å². The lowest BCUT2D eigenvalue weighted by Crippen LogP contribution is -2.37. The van der Waals surface area contributed by atoms with Crippen LogP contribution in [0.15, 0.2) is 0 Å². The van der Waals surface area contributed by atoms with Gasteiger partial charge in [0, 0.05) is 6.61 Å². The van der Waals surface area contributed by atoms with Gasteiger partial charge in [0.25, 0.3) is 7.82 Å². The lowest BCUT2D eigenvalue weighted by Gasteiger charge is -2.27. The first kappa shape index (κ1) is 22.0. The molecule has 0 radical (unpaired) electrons. The fraction of sp³-hybridized carbons (Fsp3) is 1.00. The van der Waals surface area contributed by atoms with Crippen LogP contribution >= 0.6 is 7.82 Å². The largest absolute Gasteiger partial charge is 0.756 e. The monoisotopic (exact) mass is 339 g/mol. The summed E-state index contributed by atoms with van der Waals surface area (Å²) in [4.78, 5) is 11.5. The Hall–Kier alpha value is 0.0300. The van der Waals surface area contributed by atoms with Crippen molar-refractivity contribution in [1.29, 1.82) is 0 Å². The van der Waals surface area contributed by atoms with E-state index in [1.54, 1.807) is 0 Å². The molecule has 0 saturated heterocycles. The van der Waals surface area contributed by atoms with Gasteiger partial charge in [-0.3, -0.25) is 4.57 Å². The molecule has 0 aromatic rings. The van der Waals surface area contributed by atoms with E-state index in [-0.39, 0.29) is 19.8 Å². The van der Waals surface area contributed by atoms with Crippen LogP contribution in [0.5, 0.6) is 0 Å². The average Bonchev–Trinajstić information content (AvgIpc) is 2.39. The number of phosphoric acid groups is 1. The molecule has 0 rings (SSSR count). The Kier molecular flexibility index (Phi) is 12.5. The van der Waals surface area contributed by atoms with Gasteiger partial charge >= 0.3 is 0 Å². The number of rotatable bonds is 15. The molecular formula is C15H34NO5P. The topological polar surface area (TPSA) is 67.8 Å². The van der Waals surface area contributed by atoms with Crippen molar-refractivity contribution in [3.8, 4) is 0 Å². The Morgan fingerprint density at radius 1 is 0.864 bits per heavy atom. The van der Waals surface area contributed by atoms with Crippen molar-refractivity contribution >= 4 is 7.82 Å². The normalized spacial score (nSPS) is 15.0. The third-order valence-electron chi connectivity index (χ3n) is 3.13. The molecule has 134 valence electrons. The zero-order valence-electron chi connectivity index (χ0n) is 14.7. The first-order valence-electron chi connectivity index (χ1n) is 8.25. The number of phosphoric ester groups is 1. The minimum atomic E-state index is -4.19. The second-order valence-corrected chi connectivity index (χ2v) is 7.92. The molecule has 0 bridgehead atoms. The van der Waals surface area contributed by atoms with Crippen molar-refractivity contribution in [2.24, 2.45) is 0 Å². The van der Waals surface area contributed by atoms with Crippen LogP contribution in [-0.4, -0.2) is 58.6 Å². The quantitative estimate of drug-likeness (QED) is 0.261. The molecule has 0 N–H and O–H groups in total. The molecule has 0 fully saturated rings. The molecule has 6 nitrogen and oxygen atoms in total. The summed E-state index contributed by atoms with van der Waals surface area (Å²) in [6.07, 6.45) is 7.24. The van der Waals surface area contributed by atoms with Gasteiger partial charge in [-0.25, -0.2) is 0 Å². The van der Waals surface area contributed by atoms with E-state index in [9.17, 15) is 9.46 Å². The molecule has 1 atom stereocenters. The Balaban J connectivity index is 3.43. The number of quaternary nitrogens is 1. The van der Waals surface area contributed by atoms with Crippen LogP contribution in [0.3, 0.4) is 0 Å². The highest BCUT2D eigenvalue weighted by Crippen LogP contribution is 2.37. The van der Waals surface area contributed by atoms with Gasteiger partial charge in [-0.1, -0.05) is 39.0 Å². The highest BCUT2D eigenvalue weighted by molar-refractivity contribution is 7.45. The van der Waals surface area contributed by atoms with Crippen molar-refractivity contribution < 1.29 is 27.7 Å². The van der Waals surface area contributed by atoms with E-state index in [1.807, 2.05) is 21.1 Å². The first-order chi connectivity index (χ1) is 10.3. The maximum absolute atomic E-state index is 11.5. The Morgan fingerprint density at radius 3 is 2.09 bits per heavy atom. The lowest BCUT2D eigenvalue weighted by atomic mass is 10.1. The van der Waals surface area contributed by atoms with Gasteiger partial charge in [-0.05, 0) is 6.42 Å². The second kappa shape index (κ2) is 12.5. The van der Waals surface area contributed by atoms with Crippen molar-refractivity contribution in [3.05, 3.63) is 0 Å². The Bertz CT molecular complexity index is 307. The molecule has 0 aliphatic carbocycles. The van der Waals surface area contributed by atoms with Gasteiger partial charge < -0.3 is 23.2 Å². The van der Waals surface area contributed by atoms with E-state index < -0.39 is 7.82 Å². The predicted molar refractivity (Wildman–Crippen MR) is 86.6 cm³/mol. The molecule has 0 heterocycles. The molecule has 7 heteroatoms. The smallest absolute Gasteiger partial charge is 0.268 e. The van der Waals surface area contributed by atoms with Gasteiger partial charge in [0.2, 0.25) is 0 Å². The summed E-state index contributed by atoms with van der Waals surface area (Å²) in [5.74, 6) is 0. The van der Waals surface area contributed by atoms with Crippen LogP contribution in [0.4, 0.5) is 0 Å². The molecule has 0 aromatic heterocycles. The Morgan fingerprint density at radius 2 is 1.45 bits per heavy atom. The number of likely N-dealkylation sites (N-methyl/N-ethyl adjacent to an activating group) is 1. The zero-order chi connectivity index (χ0) is 16.9. The van der Waals surface area contributed by atoms with Crippen molar-refractivity contribution in [2.75, 3.05) is 54.1 Å². The number of nitrogens with zero attached hydrogens (tertiary/aromatic N) is 1. The molecule has 0 spiro atoms. The van der Waals surface area contributed by atoms with Crippen LogP contribution in [0.25, 0.3) is 0 Å². The molecular weight excluding hydrogens is 305 g/mol. The summed E-state index contributed by atoms with van der Waals surface area (Å²) >= 11 is 0. The SMILES string of the molecule is CCCCCCCCOCCOP(=O)([O-])OCC[N+](C)(C)C. The molecule has 0 saturated carbocycles. The second-order valence-electron chi connectivity index (χ2n) is 6.51. The van der Waals surface area contributed by atoms with Gasteiger partial charge in [-0.2, -0.15) is 0 Å². The number of hydrogen-bond donors (Lipinski definition) is 0.